The normalized spacial score (nSPS) is 9.93. The Morgan fingerprint density at radius 3 is 2.79 bits per heavy atom. The van der Waals surface area contributed by atoms with Crippen LogP contribution in [0.1, 0.15) is 12.0 Å². The molecule has 2 N–H and O–H groups in total. The molecule has 1 rings (SSSR count). The monoisotopic (exact) mass is 255 g/mol. The molecule has 76 valence electrons. The molecule has 0 bridgehead atoms. The lowest BCUT2D eigenvalue weighted by atomic mass is 10.0. The Bertz CT molecular complexity index is 336. The van der Waals surface area contributed by atoms with Crippen LogP contribution in [0.2, 0.25) is 0 Å². The van der Waals surface area contributed by atoms with Crippen LogP contribution in [0, 0.1) is 0 Å². The minimum Gasteiger partial charge on any atom is -0.496 e. The zero-order chi connectivity index (χ0) is 10.6. The van der Waals surface area contributed by atoms with Gasteiger partial charge in [0.25, 0.3) is 0 Å². The van der Waals surface area contributed by atoms with Crippen LogP contribution in [-0.2, 0) is 0 Å². The number of rotatable bonds is 4. The van der Waals surface area contributed by atoms with Gasteiger partial charge in [0.05, 0.1) is 11.6 Å². The van der Waals surface area contributed by atoms with Gasteiger partial charge in [-0.1, -0.05) is 12.6 Å². The van der Waals surface area contributed by atoms with Crippen molar-refractivity contribution < 1.29 is 4.74 Å². The second-order valence-corrected chi connectivity index (χ2v) is 3.85. The fourth-order valence-corrected chi connectivity index (χ4v) is 1.75. The molecule has 0 aromatic heterocycles. The van der Waals surface area contributed by atoms with Gasteiger partial charge in [-0.15, -0.1) is 0 Å². The third-order valence-corrected chi connectivity index (χ3v) is 2.63. The van der Waals surface area contributed by atoms with Gasteiger partial charge in [0.2, 0.25) is 0 Å². The van der Waals surface area contributed by atoms with Crippen molar-refractivity contribution >= 4 is 21.5 Å². The lowest BCUT2D eigenvalue weighted by Crippen LogP contribution is -1.99. The van der Waals surface area contributed by atoms with Gasteiger partial charge in [-0.05, 0) is 52.2 Å². The summed E-state index contributed by atoms with van der Waals surface area (Å²) in [5.74, 6) is 0.828. The summed E-state index contributed by atoms with van der Waals surface area (Å²) in [5, 5.41) is 0. The van der Waals surface area contributed by atoms with E-state index >= 15 is 0 Å². The maximum atomic E-state index is 5.46. The molecule has 0 aliphatic rings. The first-order chi connectivity index (χ1) is 6.69. The van der Waals surface area contributed by atoms with Crippen LogP contribution in [0.4, 0.5) is 0 Å². The number of hydrogen-bond donors (Lipinski definition) is 1. The zero-order valence-electron chi connectivity index (χ0n) is 8.22. The average Bonchev–Trinajstić information content (AvgIpc) is 2.18. The van der Waals surface area contributed by atoms with E-state index in [2.05, 4.69) is 22.5 Å². The fraction of sp³-hybridized carbons (Fsp3) is 0.273. The molecule has 0 unspecified atom stereocenters. The van der Waals surface area contributed by atoms with Crippen LogP contribution in [0.25, 0.3) is 5.57 Å². The average molecular weight is 256 g/mol. The Morgan fingerprint density at radius 1 is 1.57 bits per heavy atom. The summed E-state index contributed by atoms with van der Waals surface area (Å²) in [6.07, 6.45) is 0.818. The fourth-order valence-electron chi connectivity index (χ4n) is 1.20. The van der Waals surface area contributed by atoms with E-state index in [4.69, 9.17) is 10.5 Å². The molecular formula is C11H14BrNO. The highest BCUT2D eigenvalue weighted by Crippen LogP contribution is 2.28. The molecule has 0 saturated carbocycles. The number of benzene rings is 1. The van der Waals surface area contributed by atoms with E-state index in [-0.39, 0.29) is 0 Å². The van der Waals surface area contributed by atoms with Gasteiger partial charge in [-0.3, -0.25) is 0 Å². The van der Waals surface area contributed by atoms with Gasteiger partial charge >= 0.3 is 0 Å². The lowest BCUT2D eigenvalue weighted by molar-refractivity contribution is 0.412. The second-order valence-electron chi connectivity index (χ2n) is 2.99. The molecule has 0 atom stereocenters. The third-order valence-electron chi connectivity index (χ3n) is 2.01. The Labute approximate surface area is 92.9 Å². The molecule has 1 aromatic carbocycles. The Kier molecular flexibility index (Phi) is 4.17. The summed E-state index contributed by atoms with van der Waals surface area (Å²) in [5.41, 5.74) is 7.62. The van der Waals surface area contributed by atoms with Crippen LogP contribution in [-0.4, -0.2) is 13.7 Å². The summed E-state index contributed by atoms with van der Waals surface area (Å²) in [4.78, 5) is 0. The molecule has 2 nitrogen and oxygen atoms in total. The van der Waals surface area contributed by atoms with Gasteiger partial charge in [0.1, 0.15) is 5.75 Å². The van der Waals surface area contributed by atoms with E-state index in [1.54, 1.807) is 7.11 Å². The Hall–Kier alpha value is -0.800. The van der Waals surface area contributed by atoms with E-state index in [9.17, 15) is 0 Å². The van der Waals surface area contributed by atoms with Gasteiger partial charge in [-0.2, -0.15) is 0 Å². The van der Waals surface area contributed by atoms with Crippen LogP contribution >= 0.6 is 15.9 Å². The van der Waals surface area contributed by atoms with Crippen molar-refractivity contribution in [3.63, 3.8) is 0 Å². The van der Waals surface area contributed by atoms with Crippen molar-refractivity contribution in [3.8, 4) is 5.75 Å². The summed E-state index contributed by atoms with van der Waals surface area (Å²) < 4.78 is 6.08. The molecule has 0 fully saturated rings. The molecule has 1 aromatic rings. The van der Waals surface area contributed by atoms with E-state index in [1.807, 2.05) is 18.2 Å². The maximum absolute atomic E-state index is 5.46. The number of halogens is 1. The van der Waals surface area contributed by atoms with Crippen LogP contribution in [0.5, 0.6) is 5.75 Å². The zero-order valence-corrected chi connectivity index (χ0v) is 9.80. The number of hydrogen-bond acceptors (Lipinski definition) is 2. The smallest absolute Gasteiger partial charge is 0.133 e. The topological polar surface area (TPSA) is 35.2 Å². The number of methoxy groups -OCH3 is 1. The van der Waals surface area contributed by atoms with Crippen LogP contribution in [0.3, 0.4) is 0 Å². The molecule has 3 heteroatoms. The SMILES string of the molecule is C=C(CCN)c1ccc(OC)c(Br)c1. The van der Waals surface area contributed by atoms with Gasteiger partial charge in [-0.25, -0.2) is 0 Å². The molecule has 0 aliphatic carbocycles. The van der Waals surface area contributed by atoms with Crippen LogP contribution in [0.15, 0.2) is 29.3 Å². The molecule has 0 radical (unpaired) electrons. The minimum absolute atomic E-state index is 0.627. The molecule has 0 saturated heterocycles. The van der Waals surface area contributed by atoms with Crippen molar-refractivity contribution in [2.24, 2.45) is 5.73 Å². The predicted molar refractivity (Wildman–Crippen MR) is 63.4 cm³/mol. The molecule has 0 spiro atoms. The Balaban J connectivity index is 2.91. The van der Waals surface area contributed by atoms with E-state index in [0.29, 0.717) is 6.54 Å². The molecule has 0 amide bonds. The van der Waals surface area contributed by atoms with Crippen molar-refractivity contribution in [1.82, 2.24) is 0 Å². The van der Waals surface area contributed by atoms with Crippen LogP contribution < -0.4 is 10.5 Å². The summed E-state index contributed by atoms with van der Waals surface area (Å²) >= 11 is 3.43. The van der Waals surface area contributed by atoms with E-state index < -0.39 is 0 Å². The second kappa shape index (κ2) is 5.17. The van der Waals surface area contributed by atoms with Gasteiger partial charge in [0, 0.05) is 0 Å². The lowest BCUT2D eigenvalue weighted by Gasteiger charge is -2.07. The maximum Gasteiger partial charge on any atom is 0.133 e. The van der Waals surface area contributed by atoms with Crippen molar-refractivity contribution in [3.05, 3.63) is 34.8 Å². The standard InChI is InChI=1S/C11H14BrNO/c1-8(5-6-13)9-3-4-11(14-2)10(12)7-9/h3-4,7H,1,5-6,13H2,2H3. The highest BCUT2D eigenvalue weighted by atomic mass is 79.9. The minimum atomic E-state index is 0.627. The molecule has 0 aliphatic heterocycles. The van der Waals surface area contributed by atoms with E-state index in [1.165, 1.54) is 0 Å². The summed E-state index contributed by atoms with van der Waals surface area (Å²) in [6.45, 7) is 4.60. The first-order valence-corrected chi connectivity index (χ1v) is 5.20. The first-order valence-electron chi connectivity index (χ1n) is 4.40. The van der Waals surface area contributed by atoms with Gasteiger partial charge < -0.3 is 10.5 Å². The highest BCUT2D eigenvalue weighted by molar-refractivity contribution is 9.10. The molecule has 14 heavy (non-hydrogen) atoms. The van der Waals surface area contributed by atoms with Crippen molar-refractivity contribution in [2.75, 3.05) is 13.7 Å². The largest absolute Gasteiger partial charge is 0.496 e. The molecule has 0 heterocycles. The quantitative estimate of drug-likeness (QED) is 0.899. The number of nitrogens with two attached hydrogens (primary N) is 1. The van der Waals surface area contributed by atoms with E-state index in [0.717, 1.165) is 27.8 Å². The Morgan fingerprint density at radius 2 is 2.29 bits per heavy atom. The summed E-state index contributed by atoms with van der Waals surface area (Å²) in [7, 11) is 1.65. The third kappa shape index (κ3) is 2.59. The predicted octanol–water partition coefficient (Wildman–Crippen LogP) is 2.82. The van der Waals surface area contributed by atoms with Crippen molar-refractivity contribution in [1.29, 1.82) is 0 Å². The van der Waals surface area contributed by atoms with Crippen molar-refractivity contribution in [2.45, 2.75) is 6.42 Å². The summed E-state index contributed by atoms with van der Waals surface area (Å²) in [6, 6.07) is 5.90. The molecular weight excluding hydrogens is 242 g/mol. The van der Waals surface area contributed by atoms with Gasteiger partial charge in [0.15, 0.2) is 0 Å². The first kappa shape index (κ1) is 11.3. The number of ether oxygens (including phenoxy) is 1. The highest BCUT2D eigenvalue weighted by Gasteiger charge is 2.03.